The van der Waals surface area contributed by atoms with Gasteiger partial charge in [-0.25, -0.2) is 8.78 Å². The predicted molar refractivity (Wildman–Crippen MR) is 114 cm³/mol. The van der Waals surface area contributed by atoms with Crippen LogP contribution in [0.3, 0.4) is 0 Å². The summed E-state index contributed by atoms with van der Waals surface area (Å²) in [6.07, 6.45) is 1.90. The Morgan fingerprint density at radius 3 is 1.47 bits per heavy atom. The smallest absolute Gasteiger partial charge is 0.206 e. The van der Waals surface area contributed by atoms with Gasteiger partial charge >= 0.3 is 0 Å². The standard InChI is InChI=1S/C26H14F2N2/c27-20-5-1-3-16(11-20)18-7-9-22-23-10-8-19(17-4-2-6-21(28)12-17)14-25(23)26(30-15-29)24(22)13-18/h1-14H. The molecule has 0 aliphatic heterocycles. The topological polar surface area (TPSA) is 36.1 Å². The normalized spacial score (nSPS) is 11.6. The van der Waals surface area contributed by atoms with E-state index in [2.05, 4.69) is 4.99 Å². The largest absolute Gasteiger partial charge is 0.207 e. The number of fused-ring (bicyclic) bond motifs is 3. The van der Waals surface area contributed by atoms with Crippen LogP contribution in [-0.4, -0.2) is 5.71 Å². The number of nitrogens with zero attached hydrogens (tertiary/aromatic N) is 2. The lowest BCUT2D eigenvalue weighted by atomic mass is 9.98. The van der Waals surface area contributed by atoms with Crippen molar-refractivity contribution in [2.75, 3.05) is 0 Å². The van der Waals surface area contributed by atoms with Crippen molar-refractivity contribution in [2.45, 2.75) is 0 Å². The molecule has 0 amide bonds. The van der Waals surface area contributed by atoms with Crippen molar-refractivity contribution in [1.82, 2.24) is 0 Å². The van der Waals surface area contributed by atoms with E-state index < -0.39 is 0 Å². The molecular formula is C26H14F2N2. The maximum atomic E-state index is 13.7. The maximum Gasteiger partial charge on any atom is 0.206 e. The zero-order chi connectivity index (χ0) is 20.7. The minimum absolute atomic E-state index is 0.304. The minimum atomic E-state index is -0.304. The van der Waals surface area contributed by atoms with Crippen molar-refractivity contribution in [2.24, 2.45) is 4.99 Å². The van der Waals surface area contributed by atoms with Crippen LogP contribution in [0, 0.1) is 23.1 Å². The van der Waals surface area contributed by atoms with Crippen molar-refractivity contribution >= 4 is 5.71 Å². The SMILES string of the molecule is N#CN=C1c2cc(-c3cccc(F)c3)ccc2-c2ccc(-c3cccc(F)c3)cc21. The molecule has 1 aliphatic rings. The second kappa shape index (κ2) is 7.06. The van der Waals surface area contributed by atoms with Gasteiger partial charge in [-0.15, -0.1) is 0 Å². The quantitative estimate of drug-likeness (QED) is 0.312. The molecule has 0 aromatic heterocycles. The lowest BCUT2D eigenvalue weighted by Crippen LogP contribution is -1.98. The highest BCUT2D eigenvalue weighted by atomic mass is 19.1. The van der Waals surface area contributed by atoms with Gasteiger partial charge in [-0.2, -0.15) is 10.3 Å². The van der Waals surface area contributed by atoms with Gasteiger partial charge in [0.1, 0.15) is 11.6 Å². The Balaban J connectivity index is 1.66. The lowest BCUT2D eigenvalue weighted by Gasteiger charge is -2.06. The summed E-state index contributed by atoms with van der Waals surface area (Å²) in [7, 11) is 0. The fraction of sp³-hybridized carbons (Fsp3) is 0. The Labute approximate surface area is 172 Å². The van der Waals surface area contributed by atoms with Crippen LogP contribution in [0.4, 0.5) is 8.78 Å². The van der Waals surface area contributed by atoms with Crippen molar-refractivity contribution in [1.29, 1.82) is 5.26 Å². The van der Waals surface area contributed by atoms with Gasteiger partial charge in [0.25, 0.3) is 0 Å². The van der Waals surface area contributed by atoms with E-state index >= 15 is 0 Å². The van der Waals surface area contributed by atoms with Crippen molar-refractivity contribution in [3.8, 4) is 39.6 Å². The fourth-order valence-corrected chi connectivity index (χ4v) is 3.96. The second-order valence-corrected chi connectivity index (χ2v) is 7.10. The van der Waals surface area contributed by atoms with Crippen LogP contribution in [-0.2, 0) is 0 Å². The summed E-state index contributed by atoms with van der Waals surface area (Å²) in [6.45, 7) is 0. The zero-order valence-corrected chi connectivity index (χ0v) is 15.7. The molecule has 0 bridgehead atoms. The monoisotopic (exact) mass is 392 g/mol. The van der Waals surface area contributed by atoms with Crippen molar-refractivity contribution in [3.05, 3.63) is 108 Å². The van der Waals surface area contributed by atoms with Crippen LogP contribution >= 0.6 is 0 Å². The van der Waals surface area contributed by atoms with E-state index in [9.17, 15) is 14.0 Å². The van der Waals surface area contributed by atoms with Gasteiger partial charge in [0.2, 0.25) is 6.19 Å². The van der Waals surface area contributed by atoms with Crippen molar-refractivity contribution in [3.63, 3.8) is 0 Å². The van der Waals surface area contributed by atoms with Gasteiger partial charge in [-0.1, -0.05) is 48.5 Å². The highest BCUT2D eigenvalue weighted by Crippen LogP contribution is 2.41. The molecule has 0 heterocycles. The molecule has 30 heavy (non-hydrogen) atoms. The first kappa shape index (κ1) is 18.0. The fourth-order valence-electron chi connectivity index (χ4n) is 3.96. The molecule has 4 aromatic carbocycles. The summed E-state index contributed by atoms with van der Waals surface area (Å²) in [4.78, 5) is 4.09. The highest BCUT2D eigenvalue weighted by Gasteiger charge is 2.26. The summed E-state index contributed by atoms with van der Waals surface area (Å²) in [5, 5.41) is 9.29. The Hall–Kier alpha value is -4.10. The van der Waals surface area contributed by atoms with Crippen LogP contribution in [0.15, 0.2) is 89.9 Å². The molecule has 5 rings (SSSR count). The summed E-state index contributed by atoms with van der Waals surface area (Å²) in [5.74, 6) is -0.608. The number of rotatable bonds is 2. The molecule has 0 atom stereocenters. The molecule has 0 unspecified atom stereocenters. The second-order valence-electron chi connectivity index (χ2n) is 7.10. The van der Waals surface area contributed by atoms with Crippen LogP contribution in [0.25, 0.3) is 33.4 Å². The molecule has 4 heteroatoms. The average Bonchev–Trinajstić information content (AvgIpc) is 3.06. The minimum Gasteiger partial charge on any atom is -0.207 e. The molecule has 0 radical (unpaired) electrons. The molecule has 4 aromatic rings. The van der Waals surface area contributed by atoms with Crippen molar-refractivity contribution < 1.29 is 8.78 Å². The van der Waals surface area contributed by atoms with Crippen LogP contribution < -0.4 is 0 Å². The number of hydrogen-bond donors (Lipinski definition) is 0. The Morgan fingerprint density at radius 2 is 1.03 bits per heavy atom. The molecule has 1 aliphatic carbocycles. The number of nitriles is 1. The third-order valence-corrected chi connectivity index (χ3v) is 5.32. The van der Waals surface area contributed by atoms with Crippen LogP contribution in [0.5, 0.6) is 0 Å². The predicted octanol–water partition coefficient (Wildman–Crippen LogP) is 6.60. The maximum absolute atomic E-state index is 13.7. The number of aliphatic imine (C=N–C) groups is 1. The zero-order valence-electron chi connectivity index (χ0n) is 15.7. The van der Waals surface area contributed by atoms with E-state index in [-0.39, 0.29) is 11.6 Å². The van der Waals surface area contributed by atoms with Crippen LogP contribution in [0.2, 0.25) is 0 Å². The third kappa shape index (κ3) is 2.98. The van der Waals surface area contributed by atoms with Gasteiger partial charge in [0.05, 0.1) is 5.71 Å². The van der Waals surface area contributed by atoms with Crippen LogP contribution in [0.1, 0.15) is 11.1 Å². The average molecular weight is 392 g/mol. The number of halogens is 2. The molecular weight excluding hydrogens is 378 g/mol. The van der Waals surface area contributed by atoms with E-state index in [0.29, 0.717) is 5.71 Å². The molecule has 0 saturated carbocycles. The van der Waals surface area contributed by atoms with Gasteiger partial charge in [-0.3, -0.25) is 0 Å². The first-order valence-corrected chi connectivity index (χ1v) is 9.42. The first-order valence-electron chi connectivity index (χ1n) is 9.42. The van der Waals surface area contributed by atoms with Gasteiger partial charge in [0.15, 0.2) is 0 Å². The van der Waals surface area contributed by atoms with E-state index in [0.717, 1.165) is 44.5 Å². The molecule has 0 fully saturated rings. The Morgan fingerprint density at radius 1 is 0.567 bits per heavy atom. The van der Waals surface area contributed by atoms with E-state index in [1.54, 1.807) is 12.1 Å². The summed E-state index contributed by atoms with van der Waals surface area (Å²) >= 11 is 0. The molecule has 0 N–H and O–H groups in total. The Bertz CT molecular complexity index is 1280. The molecule has 0 saturated heterocycles. The lowest BCUT2D eigenvalue weighted by molar-refractivity contribution is 0.628. The van der Waals surface area contributed by atoms with E-state index in [1.165, 1.54) is 24.3 Å². The first-order chi connectivity index (χ1) is 14.6. The summed E-state index contributed by atoms with van der Waals surface area (Å²) in [5.41, 5.74) is 7.34. The number of benzene rings is 4. The van der Waals surface area contributed by atoms with E-state index in [1.807, 2.05) is 54.7 Å². The van der Waals surface area contributed by atoms with Gasteiger partial charge < -0.3 is 0 Å². The van der Waals surface area contributed by atoms with Gasteiger partial charge in [0, 0.05) is 11.1 Å². The summed E-state index contributed by atoms with van der Waals surface area (Å²) in [6, 6.07) is 24.5. The molecule has 2 nitrogen and oxygen atoms in total. The van der Waals surface area contributed by atoms with Gasteiger partial charge in [-0.05, 0) is 69.8 Å². The third-order valence-electron chi connectivity index (χ3n) is 5.32. The number of hydrogen-bond acceptors (Lipinski definition) is 2. The molecule has 142 valence electrons. The Kier molecular flexibility index (Phi) is 4.22. The summed E-state index contributed by atoms with van der Waals surface area (Å²) < 4.78 is 27.4. The van der Waals surface area contributed by atoms with E-state index in [4.69, 9.17) is 0 Å². The molecule has 0 spiro atoms. The highest BCUT2D eigenvalue weighted by molar-refractivity contribution is 6.25.